The van der Waals surface area contributed by atoms with E-state index in [2.05, 4.69) is 43.5 Å². The Balaban J connectivity index is 2.20. The highest BCUT2D eigenvalue weighted by atomic mass is 16.7. The standard InChI is InChI=1S/C64H121NO8/c1-3-5-7-9-11-13-15-17-19-21-23-25-27-28-29-30-32-34-36-38-40-42-44-46-48-50-52-54-60(68)65-57(56-72-64-63(71)62(70)61(69)59(55-66)73-64)58(67)53-51-49-47-45-43-41-39-37-35-33-31-26-24-22-20-18-16-14-12-10-8-6-4-2/h35,37,43,45,51,53,57-59,61-64,66-67,69-71H,3-34,36,38-42,44,46-50,52,54-56H2,1-2H3,(H,65,68)/b37-35+,45-43+,53-51+. The van der Waals surface area contributed by atoms with Crippen LogP contribution >= 0.6 is 0 Å². The third kappa shape index (κ3) is 43.1. The molecule has 0 radical (unpaired) electrons. The lowest BCUT2D eigenvalue weighted by molar-refractivity contribution is -0.302. The summed E-state index contributed by atoms with van der Waals surface area (Å²) in [6, 6.07) is -0.827. The molecule has 7 atom stereocenters. The van der Waals surface area contributed by atoms with Crippen LogP contribution in [0.25, 0.3) is 0 Å². The molecule has 1 heterocycles. The highest BCUT2D eigenvalue weighted by Crippen LogP contribution is 2.23. The molecule has 9 nitrogen and oxygen atoms in total. The predicted octanol–water partition coefficient (Wildman–Crippen LogP) is 16.3. The number of carbonyl (C=O) groups is 1. The number of allylic oxidation sites excluding steroid dienone is 5. The van der Waals surface area contributed by atoms with Crippen molar-refractivity contribution in [3.63, 3.8) is 0 Å². The smallest absolute Gasteiger partial charge is 0.220 e. The monoisotopic (exact) mass is 1030 g/mol. The van der Waals surface area contributed by atoms with Crippen LogP contribution in [0.1, 0.15) is 309 Å². The van der Waals surface area contributed by atoms with Crippen LogP contribution in [0.3, 0.4) is 0 Å². The molecule has 0 saturated carbocycles. The molecule has 0 aromatic carbocycles. The Morgan fingerprint density at radius 3 is 1.15 bits per heavy atom. The fourth-order valence-electron chi connectivity index (χ4n) is 10.2. The number of unbranched alkanes of at least 4 members (excludes halogenated alkanes) is 41. The van der Waals surface area contributed by atoms with Crippen molar-refractivity contribution in [2.45, 2.75) is 352 Å². The van der Waals surface area contributed by atoms with Gasteiger partial charge in [0.25, 0.3) is 0 Å². The van der Waals surface area contributed by atoms with Crippen molar-refractivity contribution in [2.24, 2.45) is 0 Å². The van der Waals surface area contributed by atoms with Crippen molar-refractivity contribution in [3.8, 4) is 0 Å². The second-order valence-electron chi connectivity index (χ2n) is 22.2. The molecule has 1 rings (SSSR count). The molecule has 0 aromatic heterocycles. The Morgan fingerprint density at radius 2 is 0.781 bits per heavy atom. The van der Waals surface area contributed by atoms with Gasteiger partial charge in [-0.1, -0.05) is 294 Å². The lowest BCUT2D eigenvalue weighted by Gasteiger charge is -2.40. The maximum atomic E-state index is 13.1. The van der Waals surface area contributed by atoms with Crippen LogP contribution in [0.4, 0.5) is 0 Å². The van der Waals surface area contributed by atoms with Crippen molar-refractivity contribution < 1.29 is 39.8 Å². The molecular weight excluding hydrogens is 911 g/mol. The number of carbonyl (C=O) groups excluding carboxylic acids is 1. The molecule has 73 heavy (non-hydrogen) atoms. The van der Waals surface area contributed by atoms with E-state index in [-0.39, 0.29) is 12.5 Å². The quantitative estimate of drug-likeness (QED) is 0.0261. The van der Waals surface area contributed by atoms with E-state index in [4.69, 9.17) is 9.47 Å². The number of rotatable bonds is 55. The SMILES string of the molecule is CCCCCCCCCCCCCCC/C=C/CC/C=C/CC/C=C/C(O)C(COC1OC(CO)C(O)C(O)C1O)NC(=O)CCCCCCCCCCCCCCCCCCCCCCCCCCCCC. The van der Waals surface area contributed by atoms with Gasteiger partial charge in [-0.2, -0.15) is 0 Å². The first kappa shape index (κ1) is 69.4. The molecule has 0 spiro atoms. The zero-order valence-electron chi connectivity index (χ0n) is 47.9. The Hall–Kier alpha value is -1.59. The minimum atomic E-state index is -1.57. The molecule has 1 amide bonds. The zero-order valence-corrected chi connectivity index (χ0v) is 47.9. The Kier molecular flexibility index (Phi) is 51.2. The van der Waals surface area contributed by atoms with Crippen LogP contribution in [0.5, 0.6) is 0 Å². The first-order valence-corrected chi connectivity index (χ1v) is 31.7. The summed E-state index contributed by atoms with van der Waals surface area (Å²) in [5.41, 5.74) is 0. The third-order valence-corrected chi connectivity index (χ3v) is 15.2. The lowest BCUT2D eigenvalue weighted by Crippen LogP contribution is -2.60. The van der Waals surface area contributed by atoms with Gasteiger partial charge in [0.1, 0.15) is 24.4 Å². The lowest BCUT2D eigenvalue weighted by atomic mass is 9.99. The summed E-state index contributed by atoms with van der Waals surface area (Å²) in [7, 11) is 0. The summed E-state index contributed by atoms with van der Waals surface area (Å²) in [4.78, 5) is 13.1. The third-order valence-electron chi connectivity index (χ3n) is 15.2. The van der Waals surface area contributed by atoms with Gasteiger partial charge in [0.05, 0.1) is 25.4 Å². The van der Waals surface area contributed by atoms with Crippen molar-refractivity contribution >= 4 is 5.91 Å². The molecule has 430 valence electrons. The molecule has 9 heteroatoms. The maximum Gasteiger partial charge on any atom is 0.220 e. The van der Waals surface area contributed by atoms with Gasteiger partial charge in [-0.3, -0.25) is 4.79 Å². The highest BCUT2D eigenvalue weighted by molar-refractivity contribution is 5.76. The number of aliphatic hydroxyl groups is 5. The van der Waals surface area contributed by atoms with Gasteiger partial charge in [-0.15, -0.1) is 0 Å². The number of amides is 1. The molecular formula is C64H121NO8. The van der Waals surface area contributed by atoms with Crippen molar-refractivity contribution in [2.75, 3.05) is 13.2 Å². The summed E-state index contributed by atoms with van der Waals surface area (Å²) >= 11 is 0. The number of ether oxygens (including phenoxy) is 2. The van der Waals surface area contributed by atoms with Crippen molar-refractivity contribution in [3.05, 3.63) is 36.5 Å². The van der Waals surface area contributed by atoms with Gasteiger partial charge in [-0.05, 0) is 44.9 Å². The summed E-state index contributed by atoms with van der Waals surface area (Å²) in [5.74, 6) is -0.184. The van der Waals surface area contributed by atoms with Gasteiger partial charge in [0.15, 0.2) is 6.29 Å². The van der Waals surface area contributed by atoms with E-state index in [1.807, 2.05) is 6.08 Å². The van der Waals surface area contributed by atoms with Crippen LogP contribution in [-0.4, -0.2) is 87.5 Å². The molecule has 6 N–H and O–H groups in total. The van der Waals surface area contributed by atoms with Gasteiger partial charge in [0.2, 0.25) is 5.91 Å². The Morgan fingerprint density at radius 1 is 0.452 bits per heavy atom. The molecule has 0 aromatic rings. The predicted molar refractivity (Wildman–Crippen MR) is 309 cm³/mol. The van der Waals surface area contributed by atoms with E-state index >= 15 is 0 Å². The van der Waals surface area contributed by atoms with Gasteiger partial charge < -0.3 is 40.3 Å². The topological polar surface area (TPSA) is 149 Å². The van der Waals surface area contributed by atoms with Crippen LogP contribution in [-0.2, 0) is 14.3 Å². The van der Waals surface area contributed by atoms with E-state index in [1.54, 1.807) is 6.08 Å². The van der Waals surface area contributed by atoms with Crippen LogP contribution in [0.15, 0.2) is 36.5 Å². The molecule has 0 bridgehead atoms. The second kappa shape index (κ2) is 53.8. The van der Waals surface area contributed by atoms with Gasteiger partial charge in [-0.25, -0.2) is 0 Å². The molecule has 1 fully saturated rings. The fourth-order valence-corrected chi connectivity index (χ4v) is 10.2. The number of hydrogen-bond donors (Lipinski definition) is 6. The molecule has 1 aliphatic heterocycles. The number of hydrogen-bond acceptors (Lipinski definition) is 8. The maximum absolute atomic E-state index is 13.1. The second-order valence-corrected chi connectivity index (χ2v) is 22.2. The first-order chi connectivity index (χ1) is 35.8. The molecule has 1 aliphatic rings. The van der Waals surface area contributed by atoms with Crippen molar-refractivity contribution in [1.29, 1.82) is 0 Å². The molecule has 0 aliphatic carbocycles. The normalized spacial score (nSPS) is 19.2. The number of aliphatic hydroxyl groups excluding tert-OH is 5. The minimum absolute atomic E-state index is 0.184. The Bertz CT molecular complexity index is 1240. The van der Waals surface area contributed by atoms with E-state index in [9.17, 15) is 30.3 Å². The van der Waals surface area contributed by atoms with Gasteiger partial charge >= 0.3 is 0 Å². The van der Waals surface area contributed by atoms with Gasteiger partial charge in [0, 0.05) is 6.42 Å². The minimum Gasteiger partial charge on any atom is -0.394 e. The average molecular weight is 1030 g/mol. The van der Waals surface area contributed by atoms with E-state index in [1.165, 1.54) is 244 Å². The first-order valence-electron chi connectivity index (χ1n) is 31.7. The van der Waals surface area contributed by atoms with E-state index < -0.39 is 49.5 Å². The van der Waals surface area contributed by atoms with Crippen molar-refractivity contribution in [1.82, 2.24) is 5.32 Å². The Labute approximate surface area is 451 Å². The summed E-state index contributed by atoms with van der Waals surface area (Å²) in [6.45, 7) is 3.80. The summed E-state index contributed by atoms with van der Waals surface area (Å²) in [6.07, 6.45) is 63.8. The molecule has 1 saturated heterocycles. The zero-order chi connectivity index (χ0) is 52.9. The molecule has 7 unspecified atom stereocenters. The fraction of sp³-hybridized carbons (Fsp3) is 0.891. The van der Waals surface area contributed by atoms with Crippen LogP contribution in [0.2, 0.25) is 0 Å². The largest absolute Gasteiger partial charge is 0.394 e. The summed E-state index contributed by atoms with van der Waals surface area (Å²) in [5, 5.41) is 54.6. The average Bonchev–Trinajstić information content (AvgIpc) is 3.39. The number of nitrogens with one attached hydrogen (secondary N) is 1. The highest BCUT2D eigenvalue weighted by Gasteiger charge is 2.44. The summed E-state index contributed by atoms with van der Waals surface area (Å²) < 4.78 is 11.3. The van der Waals surface area contributed by atoms with Crippen LogP contribution in [0, 0.1) is 0 Å². The van der Waals surface area contributed by atoms with Crippen LogP contribution < -0.4 is 5.32 Å². The van der Waals surface area contributed by atoms with E-state index in [0.717, 1.165) is 44.9 Å². The van der Waals surface area contributed by atoms with E-state index in [0.29, 0.717) is 6.42 Å².